The summed E-state index contributed by atoms with van der Waals surface area (Å²) >= 11 is 0. The van der Waals surface area contributed by atoms with Gasteiger partial charge in [0.05, 0.1) is 5.41 Å². The lowest BCUT2D eigenvalue weighted by molar-refractivity contribution is -0.142. The van der Waals surface area contributed by atoms with Crippen LogP contribution in [0.2, 0.25) is 0 Å². The van der Waals surface area contributed by atoms with Crippen LogP contribution >= 0.6 is 0 Å². The molecule has 0 bridgehead atoms. The van der Waals surface area contributed by atoms with E-state index in [2.05, 4.69) is 29.6 Å². The first-order valence-electron chi connectivity index (χ1n) is 9.84. The summed E-state index contributed by atoms with van der Waals surface area (Å²) < 4.78 is 5.55. The molecular formula is C25H23NO4. The topological polar surface area (TPSA) is 75.6 Å². The SMILES string of the molecule is CC(C)(C(=O)O)c1cccc(NC(=O)OCC2c3ccccc3-c3ccccc32)c1. The summed E-state index contributed by atoms with van der Waals surface area (Å²) in [4.78, 5) is 23.9. The van der Waals surface area contributed by atoms with Gasteiger partial charge in [0.25, 0.3) is 0 Å². The lowest BCUT2D eigenvalue weighted by Gasteiger charge is -2.20. The second-order valence-electron chi connectivity index (χ2n) is 7.96. The van der Waals surface area contributed by atoms with Crippen LogP contribution < -0.4 is 5.32 Å². The Kier molecular flexibility index (Phi) is 5.04. The Morgan fingerprint density at radius 1 is 0.933 bits per heavy atom. The van der Waals surface area contributed by atoms with E-state index >= 15 is 0 Å². The number of nitrogens with one attached hydrogen (secondary N) is 1. The molecule has 0 heterocycles. The number of rotatable bonds is 5. The number of ether oxygens (including phenoxy) is 1. The molecule has 5 heteroatoms. The zero-order valence-electron chi connectivity index (χ0n) is 16.9. The lowest BCUT2D eigenvalue weighted by atomic mass is 9.84. The summed E-state index contributed by atoms with van der Waals surface area (Å²) in [5, 5.41) is 12.1. The second kappa shape index (κ2) is 7.67. The van der Waals surface area contributed by atoms with Gasteiger partial charge in [0.1, 0.15) is 6.61 Å². The molecule has 30 heavy (non-hydrogen) atoms. The van der Waals surface area contributed by atoms with Crippen LogP contribution in [0, 0.1) is 0 Å². The van der Waals surface area contributed by atoms with E-state index in [-0.39, 0.29) is 12.5 Å². The van der Waals surface area contributed by atoms with Crippen molar-refractivity contribution >= 4 is 17.7 Å². The molecule has 0 fully saturated rings. The molecule has 4 rings (SSSR count). The third kappa shape index (κ3) is 3.54. The van der Waals surface area contributed by atoms with Gasteiger partial charge in [-0.25, -0.2) is 4.79 Å². The van der Waals surface area contributed by atoms with E-state index in [0.29, 0.717) is 11.3 Å². The molecule has 152 valence electrons. The van der Waals surface area contributed by atoms with E-state index in [0.717, 1.165) is 11.1 Å². The first kappa shape index (κ1) is 19.7. The average molecular weight is 401 g/mol. The number of benzene rings is 3. The maximum absolute atomic E-state index is 12.4. The van der Waals surface area contributed by atoms with E-state index in [1.54, 1.807) is 38.1 Å². The first-order valence-corrected chi connectivity index (χ1v) is 9.84. The predicted molar refractivity (Wildman–Crippen MR) is 116 cm³/mol. The Morgan fingerprint density at radius 2 is 1.53 bits per heavy atom. The summed E-state index contributed by atoms with van der Waals surface area (Å²) in [6.07, 6.45) is -0.567. The smallest absolute Gasteiger partial charge is 0.411 e. The van der Waals surface area contributed by atoms with Crippen LogP contribution in [0.25, 0.3) is 11.1 Å². The standard InChI is InChI=1S/C25H23NO4/c1-25(2,23(27)28)16-8-7-9-17(14-16)26-24(29)30-15-22-20-12-5-3-10-18(20)19-11-4-6-13-21(19)22/h3-14,22H,15H2,1-2H3,(H,26,29)(H,27,28). The van der Waals surface area contributed by atoms with Crippen molar-refractivity contribution in [1.82, 2.24) is 0 Å². The third-order valence-corrected chi connectivity index (χ3v) is 5.71. The lowest BCUT2D eigenvalue weighted by Crippen LogP contribution is -2.28. The van der Waals surface area contributed by atoms with Gasteiger partial charge < -0.3 is 9.84 Å². The highest BCUT2D eigenvalue weighted by Gasteiger charge is 2.30. The van der Waals surface area contributed by atoms with Gasteiger partial charge in [0, 0.05) is 11.6 Å². The quantitative estimate of drug-likeness (QED) is 0.599. The number of hydrogen-bond acceptors (Lipinski definition) is 3. The molecule has 5 nitrogen and oxygen atoms in total. The highest BCUT2D eigenvalue weighted by atomic mass is 16.5. The molecule has 0 aromatic heterocycles. The number of aliphatic carboxylic acids is 1. The summed E-state index contributed by atoms with van der Waals surface area (Å²) in [7, 11) is 0. The van der Waals surface area contributed by atoms with E-state index in [9.17, 15) is 14.7 Å². The van der Waals surface area contributed by atoms with Crippen molar-refractivity contribution in [2.45, 2.75) is 25.2 Å². The van der Waals surface area contributed by atoms with Gasteiger partial charge in [0.15, 0.2) is 0 Å². The maximum atomic E-state index is 12.4. The molecule has 0 radical (unpaired) electrons. The van der Waals surface area contributed by atoms with Crippen LogP contribution in [0.5, 0.6) is 0 Å². The van der Waals surface area contributed by atoms with Crippen LogP contribution in [0.15, 0.2) is 72.8 Å². The minimum atomic E-state index is -1.06. The number of carbonyl (C=O) groups is 2. The van der Waals surface area contributed by atoms with Crippen LogP contribution in [0.4, 0.5) is 10.5 Å². The Hall–Kier alpha value is -3.60. The van der Waals surface area contributed by atoms with Crippen LogP contribution in [0.3, 0.4) is 0 Å². The van der Waals surface area contributed by atoms with Gasteiger partial charge in [-0.05, 0) is 53.8 Å². The van der Waals surface area contributed by atoms with Gasteiger partial charge in [-0.15, -0.1) is 0 Å². The average Bonchev–Trinajstić information content (AvgIpc) is 3.06. The van der Waals surface area contributed by atoms with Gasteiger partial charge in [0.2, 0.25) is 0 Å². The van der Waals surface area contributed by atoms with Crippen molar-refractivity contribution in [2.75, 3.05) is 11.9 Å². The van der Waals surface area contributed by atoms with Gasteiger partial charge >= 0.3 is 12.1 Å². The van der Waals surface area contributed by atoms with Crippen molar-refractivity contribution in [1.29, 1.82) is 0 Å². The normalized spacial score (nSPS) is 12.7. The zero-order valence-corrected chi connectivity index (χ0v) is 16.9. The van der Waals surface area contributed by atoms with Crippen molar-refractivity contribution in [3.63, 3.8) is 0 Å². The molecular weight excluding hydrogens is 378 g/mol. The summed E-state index contributed by atoms with van der Waals surface area (Å²) in [6.45, 7) is 3.48. The van der Waals surface area contributed by atoms with Crippen molar-refractivity contribution in [2.24, 2.45) is 0 Å². The Balaban J connectivity index is 1.47. The minimum Gasteiger partial charge on any atom is -0.481 e. The van der Waals surface area contributed by atoms with Gasteiger partial charge in [-0.3, -0.25) is 10.1 Å². The minimum absolute atomic E-state index is 0.0135. The molecule has 0 atom stereocenters. The van der Waals surface area contributed by atoms with Crippen molar-refractivity contribution < 1.29 is 19.4 Å². The third-order valence-electron chi connectivity index (χ3n) is 5.71. The Morgan fingerprint density at radius 3 is 2.13 bits per heavy atom. The molecule has 3 aromatic rings. The fraction of sp³-hybridized carbons (Fsp3) is 0.200. The van der Waals surface area contributed by atoms with Crippen LogP contribution in [-0.4, -0.2) is 23.8 Å². The Bertz CT molecular complexity index is 1070. The van der Waals surface area contributed by atoms with Gasteiger partial charge in [-0.2, -0.15) is 0 Å². The molecule has 3 aromatic carbocycles. The summed E-state index contributed by atoms with van der Waals surface area (Å²) in [5.41, 5.74) is 4.69. The number of anilines is 1. The van der Waals surface area contributed by atoms with E-state index in [1.165, 1.54) is 11.1 Å². The number of carboxylic acid groups (broad SMARTS) is 1. The Labute approximate surface area is 175 Å². The largest absolute Gasteiger partial charge is 0.481 e. The fourth-order valence-corrected chi connectivity index (χ4v) is 3.86. The molecule has 0 aliphatic heterocycles. The summed E-state index contributed by atoms with van der Waals surface area (Å²) in [6, 6.07) is 23.1. The molecule has 1 aliphatic carbocycles. The highest BCUT2D eigenvalue weighted by molar-refractivity contribution is 5.86. The highest BCUT2D eigenvalue weighted by Crippen LogP contribution is 2.44. The molecule has 0 saturated heterocycles. The molecule has 0 spiro atoms. The summed E-state index contributed by atoms with van der Waals surface area (Å²) in [5.74, 6) is -0.943. The zero-order chi connectivity index (χ0) is 21.3. The van der Waals surface area contributed by atoms with Crippen molar-refractivity contribution in [3.8, 4) is 11.1 Å². The predicted octanol–water partition coefficient (Wildman–Crippen LogP) is 5.41. The monoisotopic (exact) mass is 401 g/mol. The number of hydrogen-bond donors (Lipinski definition) is 2. The van der Waals surface area contributed by atoms with E-state index in [1.807, 2.05) is 24.3 Å². The van der Waals surface area contributed by atoms with Crippen LogP contribution in [-0.2, 0) is 14.9 Å². The molecule has 2 N–H and O–H groups in total. The molecule has 0 saturated carbocycles. The number of fused-ring (bicyclic) bond motifs is 3. The van der Waals surface area contributed by atoms with E-state index in [4.69, 9.17) is 4.74 Å². The second-order valence-corrected chi connectivity index (χ2v) is 7.96. The fourth-order valence-electron chi connectivity index (χ4n) is 3.86. The first-order chi connectivity index (χ1) is 14.4. The van der Waals surface area contributed by atoms with E-state index < -0.39 is 17.5 Å². The van der Waals surface area contributed by atoms with Crippen molar-refractivity contribution in [3.05, 3.63) is 89.5 Å². The van der Waals surface area contributed by atoms with Crippen LogP contribution in [0.1, 0.15) is 36.5 Å². The van der Waals surface area contributed by atoms with Gasteiger partial charge in [-0.1, -0.05) is 60.7 Å². The molecule has 1 amide bonds. The molecule has 0 unspecified atom stereocenters. The maximum Gasteiger partial charge on any atom is 0.411 e. The number of carbonyl (C=O) groups excluding carboxylic acids is 1. The number of carboxylic acids is 1. The number of amides is 1. The molecule has 1 aliphatic rings.